The van der Waals surface area contributed by atoms with Crippen molar-refractivity contribution in [2.45, 2.75) is 6.92 Å². The predicted octanol–water partition coefficient (Wildman–Crippen LogP) is -0.987. The van der Waals surface area contributed by atoms with Gasteiger partial charge in [0.15, 0.2) is 0 Å². The molecule has 0 saturated carbocycles. The van der Waals surface area contributed by atoms with Crippen LogP contribution in [-0.4, -0.2) is 44.0 Å². The molecule has 0 fully saturated rings. The number of carbonyl (C=O) groups is 1. The Bertz CT molecular complexity index is 116. The molecule has 0 radical (unpaired) electrons. The summed E-state index contributed by atoms with van der Waals surface area (Å²) in [6.45, 7) is 4.71. The van der Waals surface area contributed by atoms with Gasteiger partial charge in [-0.1, -0.05) is 6.92 Å². The summed E-state index contributed by atoms with van der Waals surface area (Å²) in [4.78, 5) is 12.9. The van der Waals surface area contributed by atoms with Gasteiger partial charge in [-0.15, -0.1) is 0 Å². The first-order valence-corrected chi connectivity index (χ1v) is 3.87. The first-order chi connectivity index (χ1) is 5.24. The standard InChI is InChI=1S/C7H17N3O/c1-3-10(5-4-8)6-7(11)9-2/h3-6,8H2,1-2H3,(H,9,11). The maximum Gasteiger partial charge on any atom is 0.233 e. The van der Waals surface area contributed by atoms with Crippen molar-refractivity contribution in [3.8, 4) is 0 Å². The Morgan fingerprint density at radius 2 is 2.27 bits per heavy atom. The second-order valence-electron chi connectivity index (χ2n) is 2.33. The second-order valence-corrected chi connectivity index (χ2v) is 2.33. The molecule has 1 amide bonds. The summed E-state index contributed by atoms with van der Waals surface area (Å²) in [7, 11) is 1.64. The molecule has 0 aliphatic rings. The number of amides is 1. The van der Waals surface area contributed by atoms with E-state index >= 15 is 0 Å². The zero-order valence-electron chi connectivity index (χ0n) is 7.26. The lowest BCUT2D eigenvalue weighted by molar-refractivity contribution is -0.121. The highest BCUT2D eigenvalue weighted by Gasteiger charge is 2.04. The molecule has 0 saturated heterocycles. The topological polar surface area (TPSA) is 58.4 Å². The Balaban J connectivity index is 3.58. The van der Waals surface area contributed by atoms with Gasteiger partial charge in [0, 0.05) is 20.1 Å². The molecule has 0 aromatic carbocycles. The van der Waals surface area contributed by atoms with Gasteiger partial charge in [-0.25, -0.2) is 0 Å². The van der Waals surface area contributed by atoms with Gasteiger partial charge in [0.2, 0.25) is 5.91 Å². The van der Waals surface area contributed by atoms with Gasteiger partial charge < -0.3 is 11.1 Å². The second kappa shape index (κ2) is 6.12. The summed E-state index contributed by atoms with van der Waals surface area (Å²) in [5, 5.41) is 2.57. The van der Waals surface area contributed by atoms with E-state index in [2.05, 4.69) is 5.32 Å². The van der Waals surface area contributed by atoms with E-state index in [4.69, 9.17) is 5.73 Å². The fourth-order valence-corrected chi connectivity index (χ4v) is 0.814. The van der Waals surface area contributed by atoms with Crippen LogP contribution in [0.5, 0.6) is 0 Å². The quantitative estimate of drug-likeness (QED) is 0.541. The van der Waals surface area contributed by atoms with Crippen molar-refractivity contribution in [2.75, 3.05) is 33.2 Å². The number of carbonyl (C=O) groups excluding carboxylic acids is 1. The maximum atomic E-state index is 10.9. The zero-order valence-corrected chi connectivity index (χ0v) is 7.26. The number of hydrogen-bond donors (Lipinski definition) is 2. The van der Waals surface area contributed by atoms with Crippen LogP contribution in [0.4, 0.5) is 0 Å². The summed E-state index contributed by atoms with van der Waals surface area (Å²) in [6.07, 6.45) is 0. The van der Waals surface area contributed by atoms with Gasteiger partial charge >= 0.3 is 0 Å². The first kappa shape index (κ1) is 10.4. The molecule has 0 heterocycles. The zero-order chi connectivity index (χ0) is 8.69. The highest BCUT2D eigenvalue weighted by atomic mass is 16.1. The summed E-state index contributed by atoms with van der Waals surface area (Å²) in [5.41, 5.74) is 5.35. The van der Waals surface area contributed by atoms with E-state index in [1.54, 1.807) is 7.05 Å². The Hall–Kier alpha value is -0.610. The maximum absolute atomic E-state index is 10.9. The lowest BCUT2D eigenvalue weighted by Crippen LogP contribution is -2.38. The van der Waals surface area contributed by atoms with Gasteiger partial charge in [0.1, 0.15) is 0 Å². The normalized spacial score (nSPS) is 10.2. The van der Waals surface area contributed by atoms with Crippen molar-refractivity contribution >= 4 is 5.91 Å². The van der Waals surface area contributed by atoms with E-state index in [9.17, 15) is 4.79 Å². The van der Waals surface area contributed by atoms with Crippen LogP contribution >= 0.6 is 0 Å². The van der Waals surface area contributed by atoms with Crippen molar-refractivity contribution in [3.63, 3.8) is 0 Å². The molecule has 0 spiro atoms. The lowest BCUT2D eigenvalue weighted by Gasteiger charge is -2.17. The molecule has 11 heavy (non-hydrogen) atoms. The van der Waals surface area contributed by atoms with E-state index in [0.29, 0.717) is 13.1 Å². The third-order valence-corrected chi connectivity index (χ3v) is 1.54. The lowest BCUT2D eigenvalue weighted by atomic mass is 10.4. The molecule has 0 bridgehead atoms. The van der Waals surface area contributed by atoms with Crippen LogP contribution in [-0.2, 0) is 4.79 Å². The largest absolute Gasteiger partial charge is 0.358 e. The SMILES string of the molecule is CCN(CCN)CC(=O)NC. The Labute approximate surface area is 67.7 Å². The van der Waals surface area contributed by atoms with Crippen LogP contribution in [0.15, 0.2) is 0 Å². The van der Waals surface area contributed by atoms with Crippen LogP contribution < -0.4 is 11.1 Å². The van der Waals surface area contributed by atoms with E-state index in [0.717, 1.165) is 13.1 Å². The molecule has 0 rings (SSSR count). The molecule has 66 valence electrons. The predicted molar refractivity (Wildman–Crippen MR) is 45.2 cm³/mol. The highest BCUT2D eigenvalue weighted by molar-refractivity contribution is 5.77. The van der Waals surface area contributed by atoms with Gasteiger partial charge in [-0.2, -0.15) is 0 Å². The Kier molecular flexibility index (Phi) is 5.78. The summed E-state index contributed by atoms with van der Waals surface area (Å²) in [5.74, 6) is 0.0419. The fraction of sp³-hybridized carbons (Fsp3) is 0.857. The molecule has 0 unspecified atom stereocenters. The van der Waals surface area contributed by atoms with Gasteiger partial charge in [0.05, 0.1) is 6.54 Å². The molecule has 0 aromatic heterocycles. The van der Waals surface area contributed by atoms with E-state index in [1.807, 2.05) is 11.8 Å². The molecule has 3 N–H and O–H groups in total. The molecular weight excluding hydrogens is 142 g/mol. The summed E-state index contributed by atoms with van der Waals surface area (Å²) >= 11 is 0. The van der Waals surface area contributed by atoms with Crippen molar-refractivity contribution in [3.05, 3.63) is 0 Å². The van der Waals surface area contributed by atoms with Gasteiger partial charge in [-0.05, 0) is 6.54 Å². The first-order valence-electron chi connectivity index (χ1n) is 3.87. The summed E-state index contributed by atoms with van der Waals surface area (Å²) in [6, 6.07) is 0. The Morgan fingerprint density at radius 1 is 1.64 bits per heavy atom. The number of nitrogens with one attached hydrogen (secondary N) is 1. The van der Waals surface area contributed by atoms with Crippen molar-refractivity contribution in [2.24, 2.45) is 5.73 Å². The molecule has 0 aliphatic heterocycles. The minimum absolute atomic E-state index is 0.0419. The fourth-order valence-electron chi connectivity index (χ4n) is 0.814. The average Bonchev–Trinajstić information content (AvgIpc) is 2.03. The smallest absolute Gasteiger partial charge is 0.233 e. The van der Waals surface area contributed by atoms with Crippen molar-refractivity contribution < 1.29 is 4.79 Å². The van der Waals surface area contributed by atoms with Crippen molar-refractivity contribution in [1.82, 2.24) is 10.2 Å². The molecule has 4 heteroatoms. The third-order valence-electron chi connectivity index (χ3n) is 1.54. The van der Waals surface area contributed by atoms with Gasteiger partial charge in [-0.3, -0.25) is 9.69 Å². The molecule has 0 aliphatic carbocycles. The monoisotopic (exact) mass is 159 g/mol. The van der Waals surface area contributed by atoms with Crippen molar-refractivity contribution in [1.29, 1.82) is 0 Å². The van der Waals surface area contributed by atoms with Crippen LogP contribution in [0.25, 0.3) is 0 Å². The molecule has 0 atom stereocenters. The van der Waals surface area contributed by atoms with E-state index in [-0.39, 0.29) is 5.91 Å². The van der Waals surface area contributed by atoms with E-state index < -0.39 is 0 Å². The van der Waals surface area contributed by atoms with Crippen LogP contribution in [0.1, 0.15) is 6.92 Å². The summed E-state index contributed by atoms with van der Waals surface area (Å²) < 4.78 is 0. The minimum atomic E-state index is 0.0419. The minimum Gasteiger partial charge on any atom is -0.358 e. The van der Waals surface area contributed by atoms with Crippen LogP contribution in [0, 0.1) is 0 Å². The Morgan fingerprint density at radius 3 is 2.64 bits per heavy atom. The van der Waals surface area contributed by atoms with Crippen LogP contribution in [0.3, 0.4) is 0 Å². The number of likely N-dealkylation sites (N-methyl/N-ethyl adjacent to an activating group) is 2. The van der Waals surface area contributed by atoms with E-state index in [1.165, 1.54) is 0 Å². The molecule has 0 aromatic rings. The van der Waals surface area contributed by atoms with Crippen LogP contribution in [0.2, 0.25) is 0 Å². The number of nitrogens with two attached hydrogens (primary N) is 1. The average molecular weight is 159 g/mol. The number of nitrogens with zero attached hydrogens (tertiary/aromatic N) is 1. The highest BCUT2D eigenvalue weighted by Crippen LogP contribution is 1.84. The third kappa shape index (κ3) is 4.75. The number of hydrogen-bond acceptors (Lipinski definition) is 3. The molecule has 4 nitrogen and oxygen atoms in total. The number of rotatable bonds is 5. The van der Waals surface area contributed by atoms with Gasteiger partial charge in [0.25, 0.3) is 0 Å². The molecular formula is C7H17N3O.